The van der Waals surface area contributed by atoms with Crippen molar-refractivity contribution in [2.24, 2.45) is 0 Å². The Morgan fingerprint density at radius 2 is 1.94 bits per heavy atom. The highest BCUT2D eigenvalue weighted by atomic mass is 19.1. The summed E-state index contributed by atoms with van der Waals surface area (Å²) in [5, 5.41) is 9.27. The van der Waals surface area contributed by atoms with Crippen LogP contribution in [0, 0.1) is 0 Å². The lowest BCUT2D eigenvalue weighted by Crippen LogP contribution is -2.54. The molecule has 0 bridgehead atoms. The third kappa shape index (κ3) is 2.68. The Kier molecular flexibility index (Phi) is 4.80. The molecule has 0 saturated heterocycles. The van der Waals surface area contributed by atoms with Gasteiger partial charge in [-0.3, -0.25) is 0 Å². The summed E-state index contributed by atoms with van der Waals surface area (Å²) in [6, 6.07) is 0. The molecule has 0 aromatic rings. The van der Waals surface area contributed by atoms with E-state index in [1.54, 1.807) is 13.8 Å². The van der Waals surface area contributed by atoms with Crippen molar-refractivity contribution in [3.8, 4) is 0 Å². The molecule has 1 unspecified atom stereocenters. The minimum Gasteiger partial charge on any atom is -0.463 e. The van der Waals surface area contributed by atoms with E-state index in [0.717, 1.165) is 6.08 Å². The summed E-state index contributed by atoms with van der Waals surface area (Å²) in [7, 11) is 0. The number of hydrogen-bond acceptors (Lipinski definition) is 6. The first-order valence-corrected chi connectivity index (χ1v) is 5.53. The van der Waals surface area contributed by atoms with Crippen LogP contribution >= 0.6 is 0 Å². The SMILES string of the molecule is CCOC(=O)C1(C(=O)OCC)CC=C(F)C(O)O1. The zero-order valence-corrected chi connectivity index (χ0v) is 10.1. The number of aliphatic hydroxyl groups is 1. The van der Waals surface area contributed by atoms with Gasteiger partial charge in [0, 0.05) is 6.42 Å². The van der Waals surface area contributed by atoms with Crippen LogP contribution in [-0.4, -0.2) is 42.1 Å². The van der Waals surface area contributed by atoms with E-state index in [9.17, 15) is 19.1 Å². The van der Waals surface area contributed by atoms with E-state index in [0.29, 0.717) is 0 Å². The van der Waals surface area contributed by atoms with Gasteiger partial charge in [-0.25, -0.2) is 14.0 Å². The maximum atomic E-state index is 13.0. The highest BCUT2D eigenvalue weighted by Gasteiger charge is 2.53. The number of carbonyl (C=O) groups is 2. The van der Waals surface area contributed by atoms with Crippen LogP contribution in [0.3, 0.4) is 0 Å². The van der Waals surface area contributed by atoms with Crippen LogP contribution in [-0.2, 0) is 23.8 Å². The molecule has 1 rings (SSSR count). The third-order valence-electron chi connectivity index (χ3n) is 2.34. The standard InChI is InChI=1S/C11H15FO6/c1-3-16-9(14)11(10(15)17-4-2)6-5-7(12)8(13)18-11/h5,8,13H,3-4,6H2,1-2H3. The number of halogens is 1. The fourth-order valence-electron chi connectivity index (χ4n) is 1.48. The average Bonchev–Trinajstić information content (AvgIpc) is 2.33. The Morgan fingerprint density at radius 3 is 2.33 bits per heavy atom. The molecule has 0 aromatic heterocycles. The Morgan fingerprint density at radius 1 is 1.44 bits per heavy atom. The van der Waals surface area contributed by atoms with E-state index >= 15 is 0 Å². The molecule has 18 heavy (non-hydrogen) atoms. The van der Waals surface area contributed by atoms with Crippen LogP contribution in [0.2, 0.25) is 0 Å². The van der Waals surface area contributed by atoms with Crippen LogP contribution in [0.1, 0.15) is 20.3 Å². The number of hydrogen-bond donors (Lipinski definition) is 1. The summed E-state index contributed by atoms with van der Waals surface area (Å²) in [4.78, 5) is 23.6. The van der Waals surface area contributed by atoms with Gasteiger partial charge in [-0.05, 0) is 19.9 Å². The van der Waals surface area contributed by atoms with Crippen LogP contribution in [0.4, 0.5) is 4.39 Å². The van der Waals surface area contributed by atoms with Crippen LogP contribution < -0.4 is 0 Å². The molecule has 1 aliphatic heterocycles. The minimum absolute atomic E-state index is 0.0195. The summed E-state index contributed by atoms with van der Waals surface area (Å²) in [6.07, 6.45) is -1.46. The van der Waals surface area contributed by atoms with Gasteiger partial charge >= 0.3 is 11.9 Å². The summed E-state index contributed by atoms with van der Waals surface area (Å²) >= 11 is 0. The van der Waals surface area contributed by atoms with Crippen LogP contribution in [0.5, 0.6) is 0 Å². The molecule has 0 aromatic carbocycles. The van der Waals surface area contributed by atoms with Crippen LogP contribution in [0.25, 0.3) is 0 Å². The first kappa shape index (κ1) is 14.6. The lowest BCUT2D eigenvalue weighted by atomic mass is 9.97. The lowest BCUT2D eigenvalue weighted by Gasteiger charge is -2.32. The van der Waals surface area contributed by atoms with E-state index in [-0.39, 0.29) is 19.6 Å². The Balaban J connectivity index is 3.03. The molecular formula is C11H15FO6. The Hall–Kier alpha value is -1.47. The van der Waals surface area contributed by atoms with Crippen molar-refractivity contribution in [3.63, 3.8) is 0 Å². The molecule has 0 saturated carbocycles. The first-order chi connectivity index (χ1) is 8.47. The summed E-state index contributed by atoms with van der Waals surface area (Å²) < 4.78 is 27.2. The van der Waals surface area contributed by atoms with Gasteiger partial charge in [-0.1, -0.05) is 0 Å². The smallest absolute Gasteiger partial charge is 0.350 e. The fourth-order valence-corrected chi connectivity index (χ4v) is 1.48. The largest absolute Gasteiger partial charge is 0.463 e. The van der Waals surface area contributed by atoms with Crippen molar-refractivity contribution in [2.75, 3.05) is 13.2 Å². The van der Waals surface area contributed by atoms with Gasteiger partial charge in [-0.2, -0.15) is 0 Å². The van der Waals surface area contributed by atoms with E-state index in [2.05, 4.69) is 0 Å². The second kappa shape index (κ2) is 5.92. The normalized spacial score (nSPS) is 22.0. The molecular weight excluding hydrogens is 247 g/mol. The van der Waals surface area contributed by atoms with Crippen molar-refractivity contribution in [3.05, 3.63) is 11.9 Å². The molecule has 1 aliphatic rings. The van der Waals surface area contributed by atoms with Crippen molar-refractivity contribution in [2.45, 2.75) is 32.2 Å². The third-order valence-corrected chi connectivity index (χ3v) is 2.34. The lowest BCUT2D eigenvalue weighted by molar-refractivity contribution is -0.220. The maximum absolute atomic E-state index is 13.0. The molecule has 0 aliphatic carbocycles. The minimum atomic E-state index is -2.14. The number of esters is 2. The molecule has 102 valence electrons. The average molecular weight is 262 g/mol. The van der Waals surface area contributed by atoms with Crippen LogP contribution in [0.15, 0.2) is 11.9 Å². The number of rotatable bonds is 4. The zero-order chi connectivity index (χ0) is 13.8. The Labute approximate surface area is 103 Å². The highest BCUT2D eigenvalue weighted by Crippen LogP contribution is 2.30. The van der Waals surface area contributed by atoms with E-state index in [4.69, 9.17) is 14.2 Å². The number of aliphatic hydroxyl groups excluding tert-OH is 1. The molecule has 1 N–H and O–H groups in total. The molecule has 0 amide bonds. The predicted molar refractivity (Wildman–Crippen MR) is 56.9 cm³/mol. The second-order valence-corrected chi connectivity index (χ2v) is 3.53. The van der Waals surface area contributed by atoms with Gasteiger partial charge in [0.1, 0.15) is 0 Å². The van der Waals surface area contributed by atoms with Gasteiger partial charge in [0.25, 0.3) is 5.60 Å². The summed E-state index contributed by atoms with van der Waals surface area (Å²) in [6.45, 7) is 3.14. The van der Waals surface area contributed by atoms with E-state index in [1.165, 1.54) is 0 Å². The quantitative estimate of drug-likeness (QED) is 0.585. The van der Waals surface area contributed by atoms with E-state index in [1.807, 2.05) is 0 Å². The monoisotopic (exact) mass is 262 g/mol. The van der Waals surface area contributed by atoms with Gasteiger partial charge in [0.05, 0.1) is 13.2 Å². The van der Waals surface area contributed by atoms with Gasteiger partial charge < -0.3 is 19.3 Å². The van der Waals surface area contributed by atoms with Crippen molar-refractivity contribution >= 4 is 11.9 Å². The molecule has 1 atom stereocenters. The van der Waals surface area contributed by atoms with Gasteiger partial charge in [0.15, 0.2) is 5.83 Å². The fraction of sp³-hybridized carbons (Fsp3) is 0.636. The number of ether oxygens (including phenoxy) is 3. The van der Waals surface area contributed by atoms with Gasteiger partial charge in [0.2, 0.25) is 6.29 Å². The topological polar surface area (TPSA) is 82.1 Å². The van der Waals surface area contributed by atoms with E-state index < -0.39 is 29.7 Å². The highest BCUT2D eigenvalue weighted by molar-refractivity contribution is 6.04. The molecule has 0 radical (unpaired) electrons. The number of carbonyl (C=O) groups excluding carboxylic acids is 2. The van der Waals surface area contributed by atoms with Crippen molar-refractivity contribution < 1.29 is 33.3 Å². The second-order valence-electron chi connectivity index (χ2n) is 3.53. The predicted octanol–water partition coefficient (Wildman–Crippen LogP) is 0.443. The summed E-state index contributed by atoms with van der Waals surface area (Å²) in [5.41, 5.74) is -2.14. The molecule has 0 fully saturated rings. The molecule has 6 nitrogen and oxygen atoms in total. The molecule has 1 heterocycles. The first-order valence-electron chi connectivity index (χ1n) is 5.53. The molecule has 7 heteroatoms. The Bertz CT molecular complexity index is 347. The van der Waals surface area contributed by atoms with Crippen molar-refractivity contribution in [1.29, 1.82) is 0 Å². The maximum Gasteiger partial charge on any atom is 0.350 e. The van der Waals surface area contributed by atoms with Crippen molar-refractivity contribution in [1.82, 2.24) is 0 Å². The summed E-state index contributed by atoms with van der Waals surface area (Å²) in [5.74, 6) is -2.98. The molecule has 0 spiro atoms. The van der Waals surface area contributed by atoms with Gasteiger partial charge in [-0.15, -0.1) is 0 Å². The zero-order valence-electron chi connectivity index (χ0n) is 10.1.